The molecule has 0 amide bonds. The highest BCUT2D eigenvalue weighted by atomic mass is 19.4. The average molecular weight is 2000 g/mol. The topological polar surface area (TPSA) is 133 Å². The van der Waals surface area contributed by atoms with Gasteiger partial charge in [0.1, 0.15) is 0 Å². The van der Waals surface area contributed by atoms with Gasteiger partial charge in [0.25, 0.3) is 0 Å². The van der Waals surface area contributed by atoms with E-state index in [2.05, 4.69) is 460 Å². The van der Waals surface area contributed by atoms with Gasteiger partial charge in [-0.25, -0.2) is 0 Å². The highest BCUT2D eigenvalue weighted by molar-refractivity contribution is 4.84. The summed E-state index contributed by atoms with van der Waals surface area (Å²) in [6.45, 7) is 159. The molecule has 0 unspecified atom stereocenters. The third-order valence-electron chi connectivity index (χ3n) is 19.6. The van der Waals surface area contributed by atoms with Gasteiger partial charge >= 0.3 is 6.18 Å². The van der Waals surface area contributed by atoms with Crippen molar-refractivity contribution in [3.05, 3.63) is 0 Å². The van der Waals surface area contributed by atoms with Crippen LogP contribution in [0, 0.1) is 104 Å². The van der Waals surface area contributed by atoms with E-state index in [1.165, 1.54) is 148 Å². The minimum Gasteiger partial charge on any atom is -0.385 e. The zero-order chi connectivity index (χ0) is 113. The molecular weight excluding hydrogens is 1720 g/mol. The Labute approximate surface area is 882 Å². The molecule has 2 fully saturated rings. The van der Waals surface area contributed by atoms with Crippen molar-refractivity contribution in [2.75, 3.05) is 151 Å². The van der Waals surface area contributed by atoms with Gasteiger partial charge in [0.2, 0.25) is 0 Å². The molecule has 0 aromatic rings. The monoisotopic (exact) mass is 2000 g/mol. The fourth-order valence-corrected chi connectivity index (χ4v) is 12.6. The zero-order valence-electron chi connectivity index (χ0n) is 109. The Kier molecular flexibility index (Phi) is 99.9. The first kappa shape index (κ1) is 163. The van der Waals surface area contributed by atoms with Crippen LogP contribution in [0.4, 0.5) is 13.2 Å². The van der Waals surface area contributed by atoms with E-state index < -0.39 is 12.7 Å². The largest absolute Gasteiger partial charge is 0.401 e. The van der Waals surface area contributed by atoms with E-state index in [1.807, 2.05) is 20.8 Å². The van der Waals surface area contributed by atoms with Gasteiger partial charge in [0, 0.05) is 77.7 Å². The second kappa shape index (κ2) is 84.9. The van der Waals surface area contributed by atoms with Gasteiger partial charge in [-0.1, -0.05) is 447 Å². The lowest BCUT2D eigenvalue weighted by molar-refractivity contribution is -0.125. The summed E-state index contributed by atoms with van der Waals surface area (Å²) in [7, 11) is 1.75. The Morgan fingerprint density at radius 3 is 0.827 bits per heavy atom. The standard InChI is InChI=1S/C11H26N2.C11H25N.C10H23N.C9H19N.3C9H21N.2C9H20.C8H17N.C8H18O.C8H18.C7H14F3N.C7H17N/c1-6-13(7-2)9-8-12-10-11(3,4)5;1-6-10(7-2)8-12-9-11(3,4)5;1-9(2,3)7-11-8-10(4,5)6;1-9(2,3)7-10-6-8-4-5-8;1-8(2,3)7-10-9(4,5)6;2*1-5-6-7-10-8-9(2,3)4;1-8(2,3)7-9(4,5)6;1-5-6-7-8-9(2,3)4;1-8(2,3)6-9-7-4-5-7;1-8(2,3)6-5-7-9-4;1-7(2)6-8(3,4)5;1-6(2,3)4-11-5-7(8,9)10;1-5-8-6-7(2,3)4/h12H,6-10H2,1-5H3;10,12H,6-9H2,1-5H3;11H,7-8H2,1-6H3;8,10H,4-7H2,1-3H3;10H,7H2,1-6H3;2*10H,5-8H2,1-4H3;7H2,1-6H3;5-8H2,1-4H3;7,9H,4-6H2,1-3H3;5-7H2,1-4H3;7H,6H2,1-5H3;11H,4-5H2,1-3H3;8H,5-6H2,1-4H3. The van der Waals surface area contributed by atoms with Gasteiger partial charge in [-0.05, 0) is 274 Å². The number of nitrogens with one attached hydrogen (secondary N) is 10. The molecule has 0 atom stereocenters. The predicted octanol–water partition coefficient (Wildman–Crippen LogP) is 35.2. The molecule has 0 heterocycles. The Bertz CT molecular complexity index is 2360. The first-order valence-corrected chi connectivity index (χ1v) is 57.1. The van der Waals surface area contributed by atoms with Crippen molar-refractivity contribution in [2.24, 2.45) is 104 Å². The summed E-state index contributed by atoms with van der Waals surface area (Å²) in [5.41, 5.74) is 6.95. The summed E-state index contributed by atoms with van der Waals surface area (Å²) in [6, 6.07) is 0.865. The Hall–Kier alpha value is -0.690. The maximum absolute atomic E-state index is 11.6. The molecule has 0 aliphatic heterocycles. The van der Waals surface area contributed by atoms with Crippen LogP contribution in [0.1, 0.15) is 538 Å². The fourth-order valence-electron chi connectivity index (χ4n) is 12.6. The van der Waals surface area contributed by atoms with Crippen LogP contribution in [0.25, 0.3) is 0 Å². The highest BCUT2D eigenvalue weighted by Crippen LogP contribution is 2.33. The van der Waals surface area contributed by atoms with Gasteiger partial charge in [-0.15, -0.1) is 0 Å². The molecule has 0 aromatic heterocycles. The predicted molar refractivity (Wildman–Crippen MR) is 638 cm³/mol. The third-order valence-corrected chi connectivity index (χ3v) is 19.6. The minimum atomic E-state index is -4.09. The molecule has 0 radical (unpaired) electrons. The highest BCUT2D eigenvalue weighted by Gasteiger charge is 2.28. The van der Waals surface area contributed by atoms with Crippen LogP contribution >= 0.6 is 0 Å². The number of nitrogens with zero attached hydrogens (tertiary/aromatic N) is 1. The molecule has 10 N–H and O–H groups in total. The Balaban J connectivity index is -0.000000125. The molecule has 0 spiro atoms. The molecule has 858 valence electrons. The van der Waals surface area contributed by atoms with E-state index in [-0.39, 0.29) is 11.0 Å². The van der Waals surface area contributed by atoms with E-state index in [9.17, 15) is 13.2 Å². The number of unbranched alkanes of at least 4 members (excludes halogenated alkanes) is 4. The molecule has 0 aromatic carbocycles. The second-order valence-electron chi connectivity index (χ2n) is 61.8. The van der Waals surface area contributed by atoms with Crippen LogP contribution in [0.5, 0.6) is 0 Å². The third kappa shape index (κ3) is 222. The quantitative estimate of drug-likeness (QED) is 0.0270. The lowest BCUT2D eigenvalue weighted by atomic mass is 9.78. The number of ether oxygens (including phenoxy) is 1. The van der Waals surface area contributed by atoms with E-state index in [4.69, 9.17) is 4.74 Å². The van der Waals surface area contributed by atoms with Gasteiger partial charge in [-0.3, -0.25) is 0 Å². The van der Waals surface area contributed by atoms with Crippen molar-refractivity contribution >= 4 is 0 Å². The van der Waals surface area contributed by atoms with E-state index in [0.29, 0.717) is 87.8 Å². The van der Waals surface area contributed by atoms with Crippen LogP contribution in [0.15, 0.2) is 0 Å². The van der Waals surface area contributed by atoms with Gasteiger partial charge in [0.05, 0.1) is 6.54 Å². The number of likely N-dealkylation sites (N-methyl/N-ethyl adjacent to an activating group) is 1. The molecule has 2 aliphatic carbocycles. The van der Waals surface area contributed by atoms with E-state index in [1.54, 1.807) is 7.11 Å². The van der Waals surface area contributed by atoms with Crippen molar-refractivity contribution in [1.82, 2.24) is 58.1 Å². The maximum atomic E-state index is 11.6. The molecule has 0 bridgehead atoms. The molecule has 2 saturated carbocycles. The van der Waals surface area contributed by atoms with Crippen molar-refractivity contribution in [2.45, 2.75) is 556 Å². The van der Waals surface area contributed by atoms with Gasteiger partial charge in [-0.2, -0.15) is 13.2 Å². The lowest BCUT2D eigenvalue weighted by Crippen LogP contribution is -2.40. The molecule has 139 heavy (non-hydrogen) atoms. The molecule has 0 saturated heterocycles. The number of halogens is 3. The zero-order valence-corrected chi connectivity index (χ0v) is 109. The van der Waals surface area contributed by atoms with Crippen molar-refractivity contribution < 1.29 is 17.9 Å². The van der Waals surface area contributed by atoms with Gasteiger partial charge < -0.3 is 62.8 Å². The summed E-state index contributed by atoms with van der Waals surface area (Å²) in [4.78, 5) is 2.44. The van der Waals surface area contributed by atoms with E-state index in [0.717, 1.165) is 122 Å². The van der Waals surface area contributed by atoms with E-state index >= 15 is 0 Å². The molecule has 12 nitrogen and oxygen atoms in total. The van der Waals surface area contributed by atoms with Crippen LogP contribution in [0.3, 0.4) is 0 Å². The summed E-state index contributed by atoms with van der Waals surface area (Å²) in [5, 5.41) is 33.4. The van der Waals surface area contributed by atoms with Crippen LogP contribution in [-0.2, 0) is 4.74 Å². The minimum absolute atomic E-state index is 0.0920. The van der Waals surface area contributed by atoms with Crippen molar-refractivity contribution in [3.8, 4) is 0 Å². The molecule has 2 aliphatic rings. The Morgan fingerprint density at radius 1 is 0.302 bits per heavy atom. The van der Waals surface area contributed by atoms with Crippen LogP contribution < -0.4 is 53.2 Å². The average Bonchev–Trinajstić information content (AvgIpc) is 1.62. The normalized spacial score (nSPS) is 13.7. The number of hydrogen-bond donors (Lipinski definition) is 10. The first-order valence-electron chi connectivity index (χ1n) is 57.1. The number of hydrogen-bond acceptors (Lipinski definition) is 12. The number of rotatable bonds is 38. The maximum Gasteiger partial charge on any atom is 0.401 e. The second-order valence-corrected chi connectivity index (χ2v) is 61.8. The SMILES string of the molecule is CC(C)(C)CC(C)(C)C.CC(C)(C)CNC(C)(C)C.CC(C)(C)CNC1CC1.CC(C)(C)CNCC(C)(C)C.CC(C)(C)CNCC(F)(F)F.CC(C)(C)CNCC1CC1.CC(C)CC(C)(C)C.CCC(CC)CNCC(C)(C)C.CCCCCC(C)(C)C.CCCCNCC(C)(C)C.CCCCNCC(C)(C)C.CCN(CC)CCNCC(C)(C)C.CCNCC(C)(C)C.COCCCC(C)(C)C. The Morgan fingerprint density at radius 2 is 0.604 bits per heavy atom. The summed E-state index contributed by atoms with van der Waals surface area (Å²) in [5.74, 6) is 2.73. The molecule has 15 heteroatoms. The van der Waals surface area contributed by atoms with Gasteiger partial charge in [0.15, 0.2) is 0 Å². The van der Waals surface area contributed by atoms with Crippen molar-refractivity contribution in [3.63, 3.8) is 0 Å². The molecule has 2 rings (SSSR count). The summed E-state index contributed by atoms with van der Waals surface area (Å²) in [6.07, 6.45) is 20.0. The smallest absolute Gasteiger partial charge is 0.385 e. The van der Waals surface area contributed by atoms with Crippen molar-refractivity contribution in [1.29, 1.82) is 0 Å². The molecular formula is C124H280F3N11O. The van der Waals surface area contributed by atoms with Crippen LogP contribution in [-0.4, -0.2) is 174 Å². The summed E-state index contributed by atoms with van der Waals surface area (Å²) < 4.78 is 39.6. The number of methoxy groups -OCH3 is 1. The lowest BCUT2D eigenvalue weighted by Gasteiger charge is -2.28. The summed E-state index contributed by atoms with van der Waals surface area (Å²) >= 11 is 0. The first-order chi connectivity index (χ1) is 61.7. The van der Waals surface area contributed by atoms with Crippen LogP contribution in [0.2, 0.25) is 0 Å². The number of alkyl halides is 3. The fraction of sp³-hybridized carbons (Fsp3) is 1.00.